The molecule has 2 rings (SSSR count). The van der Waals surface area contributed by atoms with Gasteiger partial charge >= 0.3 is 115 Å². The van der Waals surface area contributed by atoms with Crippen molar-refractivity contribution in [1.82, 2.24) is 0 Å². The van der Waals surface area contributed by atoms with Crippen LogP contribution in [0.4, 0.5) is 11.4 Å². The Balaban J connectivity index is 2.18. The number of hydrogen-bond acceptors (Lipinski definition) is 2. The molecule has 0 bridgehead atoms. The standard InChI is InChI=1S/C14H13N2OSe/c1-17-13-10-6-5-9-12(13)16-14(18)15-11-7-3-2-4-8-11/h2-10H,1H3,(H,15,16). The molecule has 3 nitrogen and oxygen atoms in total. The normalized spacial score (nSPS) is 11.1. The maximum atomic E-state index is 5.25. The fraction of sp³-hybridized carbons (Fsp3) is 0.0714. The quantitative estimate of drug-likeness (QED) is 0.537. The van der Waals surface area contributed by atoms with Crippen molar-refractivity contribution in [3.05, 3.63) is 54.6 Å². The van der Waals surface area contributed by atoms with Gasteiger partial charge in [0, 0.05) is 0 Å². The number of ether oxygens (including phenoxy) is 1. The van der Waals surface area contributed by atoms with Crippen LogP contribution in [0.15, 0.2) is 59.6 Å². The van der Waals surface area contributed by atoms with Crippen LogP contribution in [0, 0.1) is 0 Å². The molecule has 1 radical (unpaired) electrons. The van der Waals surface area contributed by atoms with Crippen LogP contribution < -0.4 is 10.1 Å². The molecule has 0 atom stereocenters. The van der Waals surface area contributed by atoms with Gasteiger partial charge in [-0.05, 0) is 0 Å². The Hall–Kier alpha value is -1.77. The van der Waals surface area contributed by atoms with Crippen LogP contribution in [0.25, 0.3) is 0 Å². The molecule has 1 N–H and O–H groups in total. The van der Waals surface area contributed by atoms with E-state index in [9.17, 15) is 0 Å². The van der Waals surface area contributed by atoms with Gasteiger partial charge in [0.15, 0.2) is 0 Å². The van der Waals surface area contributed by atoms with Gasteiger partial charge in [-0.3, -0.25) is 0 Å². The fourth-order valence-electron chi connectivity index (χ4n) is 1.50. The van der Waals surface area contributed by atoms with Gasteiger partial charge in [0.05, 0.1) is 0 Å². The summed E-state index contributed by atoms with van der Waals surface area (Å²) in [6.45, 7) is 0. The summed E-state index contributed by atoms with van der Waals surface area (Å²) in [4.78, 5) is 4.45. The topological polar surface area (TPSA) is 33.6 Å². The van der Waals surface area contributed by atoms with Gasteiger partial charge in [-0.15, -0.1) is 0 Å². The van der Waals surface area contributed by atoms with E-state index in [1.807, 2.05) is 54.6 Å². The zero-order valence-electron chi connectivity index (χ0n) is 9.96. The van der Waals surface area contributed by atoms with E-state index in [0.29, 0.717) is 4.73 Å². The van der Waals surface area contributed by atoms with E-state index in [-0.39, 0.29) is 0 Å². The number of nitrogens with zero attached hydrogens (tertiary/aromatic N) is 1. The summed E-state index contributed by atoms with van der Waals surface area (Å²) in [7, 11) is 1.64. The van der Waals surface area contributed by atoms with Crippen LogP contribution in [0.1, 0.15) is 0 Å². The minimum atomic E-state index is 0.700. The first kappa shape index (κ1) is 12.7. The van der Waals surface area contributed by atoms with Crippen molar-refractivity contribution in [3.8, 4) is 5.75 Å². The molecule has 0 aromatic heterocycles. The Kier molecular flexibility index (Phi) is 4.40. The Bertz CT molecular complexity index is 541. The number of hydrogen-bond donors (Lipinski definition) is 1. The molecule has 0 aliphatic rings. The van der Waals surface area contributed by atoms with E-state index in [4.69, 9.17) is 4.74 Å². The summed E-state index contributed by atoms with van der Waals surface area (Å²) in [6, 6.07) is 17.5. The summed E-state index contributed by atoms with van der Waals surface area (Å²) in [5, 5.41) is 3.18. The summed E-state index contributed by atoms with van der Waals surface area (Å²) >= 11 is 2.91. The summed E-state index contributed by atoms with van der Waals surface area (Å²) in [5.41, 5.74) is 1.78. The van der Waals surface area contributed by atoms with Crippen LogP contribution in [0.5, 0.6) is 5.75 Å². The van der Waals surface area contributed by atoms with Crippen LogP contribution in [0.3, 0.4) is 0 Å². The molecule has 0 saturated carbocycles. The molecule has 2 aromatic carbocycles. The molecule has 0 fully saturated rings. The number of nitrogens with one attached hydrogen (secondary N) is 1. The first-order chi connectivity index (χ1) is 8.79. The molecule has 2 aromatic rings. The first-order valence-electron chi connectivity index (χ1n) is 5.50. The fourth-order valence-corrected chi connectivity index (χ4v) is 1.96. The van der Waals surface area contributed by atoms with E-state index in [0.717, 1.165) is 17.1 Å². The van der Waals surface area contributed by atoms with Crippen molar-refractivity contribution in [2.75, 3.05) is 12.4 Å². The average Bonchev–Trinajstić information content (AvgIpc) is 2.40. The van der Waals surface area contributed by atoms with E-state index in [1.165, 1.54) is 0 Å². The third kappa shape index (κ3) is 3.36. The molecular weight excluding hydrogens is 291 g/mol. The number of aliphatic imine (C=N–C) groups is 1. The van der Waals surface area contributed by atoms with Crippen LogP contribution in [-0.4, -0.2) is 27.9 Å². The Morgan fingerprint density at radius 3 is 2.44 bits per heavy atom. The van der Waals surface area contributed by atoms with Crippen molar-refractivity contribution in [3.63, 3.8) is 0 Å². The monoisotopic (exact) mass is 305 g/mol. The van der Waals surface area contributed by atoms with Gasteiger partial charge < -0.3 is 0 Å². The molecule has 18 heavy (non-hydrogen) atoms. The summed E-state index contributed by atoms with van der Waals surface area (Å²) in [5.74, 6) is 0.750. The van der Waals surface area contributed by atoms with Crippen LogP contribution in [0.2, 0.25) is 0 Å². The maximum absolute atomic E-state index is 5.25. The van der Waals surface area contributed by atoms with Crippen molar-refractivity contribution in [1.29, 1.82) is 0 Å². The average molecular weight is 304 g/mol. The predicted molar refractivity (Wildman–Crippen MR) is 75.9 cm³/mol. The number of amidine groups is 1. The second-order valence-electron chi connectivity index (χ2n) is 3.58. The molecule has 0 saturated heterocycles. The Morgan fingerprint density at radius 2 is 1.72 bits per heavy atom. The first-order valence-corrected chi connectivity index (χ1v) is 6.36. The third-order valence-corrected chi connectivity index (χ3v) is 2.74. The number of anilines is 1. The minimum absolute atomic E-state index is 0.700. The van der Waals surface area contributed by atoms with Crippen molar-refractivity contribution in [2.24, 2.45) is 4.99 Å². The molecule has 91 valence electrons. The van der Waals surface area contributed by atoms with E-state index in [1.54, 1.807) is 7.11 Å². The van der Waals surface area contributed by atoms with Crippen molar-refractivity contribution < 1.29 is 4.74 Å². The third-order valence-electron chi connectivity index (χ3n) is 2.33. The Morgan fingerprint density at radius 1 is 1.06 bits per heavy atom. The van der Waals surface area contributed by atoms with E-state index in [2.05, 4.69) is 26.3 Å². The summed E-state index contributed by atoms with van der Waals surface area (Å²) in [6.07, 6.45) is 0. The summed E-state index contributed by atoms with van der Waals surface area (Å²) < 4.78 is 5.95. The van der Waals surface area contributed by atoms with Crippen molar-refractivity contribution in [2.45, 2.75) is 0 Å². The van der Waals surface area contributed by atoms with Gasteiger partial charge in [-0.25, -0.2) is 0 Å². The number of benzene rings is 2. The van der Waals surface area contributed by atoms with Crippen LogP contribution >= 0.6 is 0 Å². The number of methoxy groups -OCH3 is 1. The van der Waals surface area contributed by atoms with Gasteiger partial charge in [-0.2, -0.15) is 0 Å². The SMILES string of the molecule is COc1ccccc1N=C([Se])Nc1ccccc1. The van der Waals surface area contributed by atoms with E-state index >= 15 is 0 Å². The van der Waals surface area contributed by atoms with Gasteiger partial charge in [0.25, 0.3) is 0 Å². The van der Waals surface area contributed by atoms with Gasteiger partial charge in [0.2, 0.25) is 0 Å². The van der Waals surface area contributed by atoms with Gasteiger partial charge in [0.1, 0.15) is 0 Å². The zero-order chi connectivity index (χ0) is 12.8. The second kappa shape index (κ2) is 6.24. The molecule has 0 aliphatic heterocycles. The number of rotatable bonds is 3. The zero-order valence-corrected chi connectivity index (χ0v) is 11.7. The molecule has 0 unspecified atom stereocenters. The molecular formula is C14H13N2OSe. The van der Waals surface area contributed by atoms with E-state index < -0.39 is 0 Å². The molecule has 0 heterocycles. The second-order valence-corrected chi connectivity index (χ2v) is 4.39. The molecule has 0 spiro atoms. The van der Waals surface area contributed by atoms with Crippen LogP contribution in [-0.2, 0) is 0 Å². The molecule has 0 amide bonds. The number of para-hydroxylation sites is 3. The van der Waals surface area contributed by atoms with Crippen molar-refractivity contribution >= 4 is 32.1 Å². The Labute approximate surface area is 115 Å². The molecule has 4 heteroatoms. The van der Waals surface area contributed by atoms with Gasteiger partial charge in [-0.1, -0.05) is 0 Å². The predicted octanol–water partition coefficient (Wildman–Crippen LogP) is 2.96. The molecule has 0 aliphatic carbocycles.